The van der Waals surface area contributed by atoms with Crippen molar-refractivity contribution in [2.24, 2.45) is 16.6 Å². The van der Waals surface area contributed by atoms with E-state index in [0.29, 0.717) is 47.8 Å². The minimum absolute atomic E-state index is 0.106. The highest BCUT2D eigenvalue weighted by molar-refractivity contribution is 8.00. The number of nitrogens with two attached hydrogens (primary N) is 2. The molecule has 7 nitrogen and oxygen atoms in total. The smallest absolute Gasteiger partial charge is 0.446 e. The van der Waals surface area contributed by atoms with E-state index in [0.717, 1.165) is 59.5 Å². The first-order chi connectivity index (χ1) is 23.0. The fraction of sp³-hybridized carbons (Fsp3) is 0.405. The molecule has 2 aromatic carbocycles. The molecule has 0 radical (unpaired) electrons. The first-order valence-electron chi connectivity index (χ1n) is 16.4. The van der Waals surface area contributed by atoms with Crippen LogP contribution in [0.25, 0.3) is 17.0 Å². The Morgan fingerprint density at radius 2 is 1.88 bits per heavy atom. The van der Waals surface area contributed by atoms with Gasteiger partial charge in [0, 0.05) is 64.6 Å². The number of hydrogen-bond acceptors (Lipinski definition) is 8. The maximum Gasteiger partial charge on any atom is 0.446 e. The molecule has 2 unspecified atom stereocenters. The molecule has 0 saturated heterocycles. The van der Waals surface area contributed by atoms with Gasteiger partial charge in [-0.05, 0) is 85.5 Å². The van der Waals surface area contributed by atoms with Crippen molar-refractivity contribution < 1.29 is 17.9 Å². The van der Waals surface area contributed by atoms with E-state index in [-0.39, 0.29) is 28.5 Å². The van der Waals surface area contributed by atoms with Gasteiger partial charge in [-0.2, -0.15) is 13.2 Å². The number of fused-ring (bicyclic) bond motifs is 1. The number of benzene rings is 2. The number of rotatable bonds is 11. The standard InChI is InChI=1S/C33H36F3N5OS.C2H5N.C2H6/c1-18-17-42-32-26(18)14-28(41-31(32)21-5-4-6-25(12-21)43-33(34,35)36)27(20-7-8-20)16-39-19(2)22-11-23(15-40-24-9-10-24)30(37)29(13-22)38-3;1-2-3;1-2/h4-6,11-15,18,20,24,27,38-39H,2,7-10,16-17,37H2,1,3H3;2H,1,3H2;1-2H3. The minimum atomic E-state index is -4.37. The molecule has 2 aliphatic carbocycles. The minimum Gasteiger partial charge on any atom is -0.490 e. The van der Waals surface area contributed by atoms with Gasteiger partial charge in [-0.25, -0.2) is 4.98 Å². The van der Waals surface area contributed by atoms with E-state index in [1.165, 1.54) is 12.3 Å². The van der Waals surface area contributed by atoms with Crippen LogP contribution in [-0.2, 0) is 0 Å². The number of nitrogens with one attached hydrogen (secondary N) is 2. The zero-order valence-corrected chi connectivity index (χ0v) is 29.0. The highest BCUT2D eigenvalue weighted by Crippen LogP contribution is 2.47. The Labute approximate surface area is 286 Å². The average Bonchev–Trinajstić information content (AvgIpc) is 4.00. The average molecular weight is 681 g/mol. The number of aliphatic imine (C=N–C) groups is 1. The largest absolute Gasteiger partial charge is 0.490 e. The van der Waals surface area contributed by atoms with E-state index < -0.39 is 5.51 Å². The molecule has 6 N–H and O–H groups in total. The number of anilines is 2. The van der Waals surface area contributed by atoms with Crippen LogP contribution < -0.4 is 26.8 Å². The summed E-state index contributed by atoms with van der Waals surface area (Å²) in [7, 11) is 1.84. The fourth-order valence-corrected chi connectivity index (χ4v) is 6.13. The summed E-state index contributed by atoms with van der Waals surface area (Å²) in [5, 5.41) is 6.74. The molecule has 2 heterocycles. The van der Waals surface area contributed by atoms with Crippen molar-refractivity contribution in [1.29, 1.82) is 0 Å². The lowest BCUT2D eigenvalue weighted by Gasteiger charge is -2.22. The monoisotopic (exact) mass is 680 g/mol. The summed E-state index contributed by atoms with van der Waals surface area (Å²) in [5.74, 6) is 1.40. The molecule has 0 amide bonds. The molecule has 0 spiro atoms. The summed E-state index contributed by atoms with van der Waals surface area (Å²) in [6.07, 6.45) is 7.55. The Morgan fingerprint density at radius 3 is 2.50 bits per heavy atom. The number of nitrogen functional groups attached to an aromatic ring is 1. The van der Waals surface area contributed by atoms with Gasteiger partial charge in [0.1, 0.15) is 11.4 Å². The number of aromatic nitrogens is 1. The number of halogens is 3. The van der Waals surface area contributed by atoms with Gasteiger partial charge in [-0.15, -0.1) is 0 Å². The van der Waals surface area contributed by atoms with Gasteiger partial charge in [0.05, 0.1) is 24.0 Å². The molecule has 11 heteroatoms. The van der Waals surface area contributed by atoms with Crippen molar-refractivity contribution in [2.75, 3.05) is 31.2 Å². The lowest BCUT2D eigenvalue weighted by Crippen LogP contribution is -2.22. The van der Waals surface area contributed by atoms with Crippen molar-refractivity contribution in [2.45, 2.75) is 74.7 Å². The van der Waals surface area contributed by atoms with Gasteiger partial charge in [-0.3, -0.25) is 4.99 Å². The molecule has 2 fully saturated rings. The van der Waals surface area contributed by atoms with Gasteiger partial charge >= 0.3 is 5.51 Å². The Kier molecular flexibility index (Phi) is 12.5. The van der Waals surface area contributed by atoms with E-state index >= 15 is 0 Å². The highest BCUT2D eigenvalue weighted by atomic mass is 32.2. The zero-order chi connectivity index (χ0) is 35.0. The van der Waals surface area contributed by atoms with Crippen molar-refractivity contribution in [3.8, 4) is 17.0 Å². The van der Waals surface area contributed by atoms with Crippen LogP contribution in [0.2, 0.25) is 0 Å². The number of nitrogens with zero attached hydrogens (tertiary/aromatic N) is 2. The van der Waals surface area contributed by atoms with E-state index in [4.69, 9.17) is 15.5 Å². The predicted octanol–water partition coefficient (Wildman–Crippen LogP) is 8.93. The van der Waals surface area contributed by atoms with Crippen LogP contribution in [0.4, 0.5) is 24.5 Å². The summed E-state index contributed by atoms with van der Waals surface area (Å²) >= 11 is -0.119. The van der Waals surface area contributed by atoms with Gasteiger partial charge < -0.3 is 26.8 Å². The lowest BCUT2D eigenvalue weighted by atomic mass is 9.93. The Bertz CT molecular complexity index is 1620. The molecule has 3 aliphatic rings. The molecule has 48 heavy (non-hydrogen) atoms. The Balaban J connectivity index is 0.000000986. The maximum absolute atomic E-state index is 13.1. The van der Waals surface area contributed by atoms with E-state index in [2.05, 4.69) is 47.5 Å². The topological polar surface area (TPSA) is 111 Å². The van der Waals surface area contributed by atoms with Crippen LogP contribution in [0.1, 0.15) is 80.7 Å². The Morgan fingerprint density at radius 1 is 1.17 bits per heavy atom. The van der Waals surface area contributed by atoms with Gasteiger partial charge in [0.25, 0.3) is 0 Å². The fourth-order valence-electron chi connectivity index (χ4n) is 5.54. The van der Waals surface area contributed by atoms with E-state index in [1.807, 2.05) is 39.2 Å². The maximum atomic E-state index is 13.1. The number of hydrogen-bond donors (Lipinski definition) is 4. The lowest BCUT2D eigenvalue weighted by molar-refractivity contribution is -0.0328. The number of alkyl halides is 3. The van der Waals surface area contributed by atoms with Crippen molar-refractivity contribution in [1.82, 2.24) is 10.3 Å². The second-order valence-electron chi connectivity index (χ2n) is 11.9. The Hall–Kier alpha value is -4.12. The molecule has 2 saturated carbocycles. The summed E-state index contributed by atoms with van der Waals surface area (Å²) < 4.78 is 45.4. The highest BCUT2D eigenvalue weighted by Gasteiger charge is 2.36. The molecular weight excluding hydrogens is 634 g/mol. The van der Waals surface area contributed by atoms with Crippen LogP contribution in [0, 0.1) is 5.92 Å². The summed E-state index contributed by atoms with van der Waals surface area (Å²) in [6, 6.07) is 13.0. The second-order valence-corrected chi connectivity index (χ2v) is 13.1. The zero-order valence-electron chi connectivity index (χ0n) is 28.2. The molecule has 2 atom stereocenters. The second kappa shape index (κ2) is 16.3. The normalized spacial score (nSPS) is 17.2. The van der Waals surface area contributed by atoms with Crippen LogP contribution in [-0.4, -0.2) is 42.9 Å². The van der Waals surface area contributed by atoms with Gasteiger partial charge in [0.15, 0.2) is 0 Å². The molecule has 3 aromatic rings. The van der Waals surface area contributed by atoms with Crippen LogP contribution in [0.3, 0.4) is 0 Å². The van der Waals surface area contributed by atoms with Crippen LogP contribution in [0.5, 0.6) is 5.75 Å². The quantitative estimate of drug-likeness (QED) is 0.0909. The van der Waals surface area contributed by atoms with Crippen molar-refractivity contribution in [3.05, 3.63) is 84.2 Å². The molecule has 1 aromatic heterocycles. The van der Waals surface area contributed by atoms with Crippen molar-refractivity contribution >= 4 is 35.0 Å². The first kappa shape index (κ1) is 36.7. The molecule has 1 aliphatic heterocycles. The molecule has 0 bridgehead atoms. The third-order valence-corrected chi connectivity index (χ3v) is 9.00. The SMILES string of the molecule is C=C(NCC(c1cc2c(c(-c3cccc(SC(F)(F)F)c3)n1)OCC2C)C1CC1)c1cc(C=NC2CC2)c(N)c(NC)c1.C=CN.CC. The number of ether oxygens (including phenoxy) is 1. The molecule has 6 rings (SSSR count). The van der Waals surface area contributed by atoms with Gasteiger partial charge in [0.2, 0.25) is 0 Å². The van der Waals surface area contributed by atoms with Crippen LogP contribution in [0.15, 0.2) is 71.7 Å². The van der Waals surface area contributed by atoms with Crippen molar-refractivity contribution in [3.63, 3.8) is 0 Å². The number of pyridine rings is 1. The third kappa shape index (κ3) is 9.49. The van der Waals surface area contributed by atoms with E-state index in [1.54, 1.807) is 18.2 Å². The summed E-state index contributed by atoms with van der Waals surface area (Å²) in [4.78, 5) is 9.81. The molecular formula is C37H47F3N6OS. The predicted molar refractivity (Wildman–Crippen MR) is 195 cm³/mol. The van der Waals surface area contributed by atoms with E-state index in [9.17, 15) is 13.2 Å². The molecule has 258 valence electrons. The van der Waals surface area contributed by atoms with Crippen LogP contribution >= 0.6 is 11.8 Å². The first-order valence-corrected chi connectivity index (χ1v) is 17.3. The summed E-state index contributed by atoms with van der Waals surface area (Å²) in [6.45, 7) is 14.7. The number of thioether (sulfide) groups is 1. The third-order valence-electron chi connectivity index (χ3n) is 8.28. The van der Waals surface area contributed by atoms with Gasteiger partial charge in [-0.1, -0.05) is 46.1 Å². The summed E-state index contributed by atoms with van der Waals surface area (Å²) in [5.41, 5.74) is 13.9.